The van der Waals surface area contributed by atoms with Gasteiger partial charge in [-0.25, -0.2) is 14.2 Å². The summed E-state index contributed by atoms with van der Waals surface area (Å²) in [5, 5.41) is 0. The Morgan fingerprint density at radius 1 is 1.24 bits per heavy atom. The van der Waals surface area contributed by atoms with Crippen molar-refractivity contribution in [2.24, 2.45) is 0 Å². The zero-order valence-electron chi connectivity index (χ0n) is 12.0. The normalized spacial score (nSPS) is 10.4. The highest BCUT2D eigenvalue weighted by molar-refractivity contribution is 5.47. The summed E-state index contributed by atoms with van der Waals surface area (Å²) >= 11 is 0. The number of imidazole rings is 1. The molecular formula is C17H15N3O. The lowest BCUT2D eigenvalue weighted by molar-refractivity contribution is 0.809. The first-order chi connectivity index (χ1) is 10.3. The van der Waals surface area contributed by atoms with Crippen LogP contribution in [-0.2, 0) is 6.42 Å². The molecule has 0 saturated heterocycles. The summed E-state index contributed by atoms with van der Waals surface area (Å²) in [4.78, 5) is 17.2. The first-order valence-electron chi connectivity index (χ1n) is 6.86. The minimum absolute atomic E-state index is 0.134. The molecule has 0 aliphatic rings. The predicted octanol–water partition coefficient (Wildman–Crippen LogP) is 2.42. The Hall–Kier alpha value is -2.80. The van der Waals surface area contributed by atoms with E-state index in [-0.39, 0.29) is 5.69 Å². The second-order valence-corrected chi connectivity index (χ2v) is 4.65. The molecule has 0 unspecified atom stereocenters. The number of para-hydroxylation sites is 1. The maximum atomic E-state index is 12.9. The van der Waals surface area contributed by atoms with E-state index in [4.69, 9.17) is 0 Å². The van der Waals surface area contributed by atoms with Gasteiger partial charge in [-0.3, -0.25) is 4.57 Å². The zero-order chi connectivity index (χ0) is 14.8. The van der Waals surface area contributed by atoms with Gasteiger partial charge < -0.3 is 0 Å². The minimum atomic E-state index is -0.134. The standard InChI is InChI=1S/C17H15N3O/c1-3-8-15-12-18-16-11-13(4-2)19(17(21)20(15)16)14-9-6-5-7-10-14/h5-7,9-12H,4H2,1-2H3. The Balaban J connectivity index is 2.42. The van der Waals surface area contributed by atoms with Crippen LogP contribution in [0.4, 0.5) is 0 Å². The van der Waals surface area contributed by atoms with Crippen molar-refractivity contribution in [3.8, 4) is 17.5 Å². The van der Waals surface area contributed by atoms with E-state index in [9.17, 15) is 4.79 Å². The zero-order valence-corrected chi connectivity index (χ0v) is 12.0. The van der Waals surface area contributed by atoms with Crippen molar-refractivity contribution in [1.82, 2.24) is 14.0 Å². The fraction of sp³-hybridized carbons (Fsp3) is 0.176. The molecule has 0 spiro atoms. The van der Waals surface area contributed by atoms with Crippen molar-refractivity contribution in [3.63, 3.8) is 0 Å². The molecule has 0 bridgehead atoms. The Labute approximate surface area is 122 Å². The third-order valence-electron chi connectivity index (χ3n) is 3.38. The highest BCUT2D eigenvalue weighted by atomic mass is 16.1. The first kappa shape index (κ1) is 13.2. The van der Waals surface area contributed by atoms with E-state index < -0.39 is 0 Å². The van der Waals surface area contributed by atoms with E-state index in [0.29, 0.717) is 11.3 Å². The summed E-state index contributed by atoms with van der Waals surface area (Å²) in [6, 6.07) is 11.6. The number of benzene rings is 1. The van der Waals surface area contributed by atoms with Crippen LogP contribution >= 0.6 is 0 Å². The molecule has 3 aromatic rings. The smallest absolute Gasteiger partial charge is 0.266 e. The number of fused-ring (bicyclic) bond motifs is 1. The van der Waals surface area contributed by atoms with Crippen molar-refractivity contribution in [3.05, 3.63) is 64.5 Å². The van der Waals surface area contributed by atoms with Crippen LogP contribution in [0.2, 0.25) is 0 Å². The van der Waals surface area contributed by atoms with Crippen LogP contribution in [0, 0.1) is 11.8 Å². The fourth-order valence-corrected chi connectivity index (χ4v) is 2.44. The quantitative estimate of drug-likeness (QED) is 0.675. The molecule has 0 aliphatic carbocycles. The van der Waals surface area contributed by atoms with Gasteiger partial charge in [-0.2, -0.15) is 0 Å². The van der Waals surface area contributed by atoms with Crippen LogP contribution in [0.1, 0.15) is 25.2 Å². The maximum Gasteiger partial charge on any atom is 0.339 e. The summed E-state index contributed by atoms with van der Waals surface area (Å²) in [7, 11) is 0. The van der Waals surface area contributed by atoms with E-state index in [0.717, 1.165) is 17.8 Å². The molecular weight excluding hydrogens is 262 g/mol. The highest BCUT2D eigenvalue weighted by Crippen LogP contribution is 2.12. The number of aryl methyl sites for hydroxylation is 1. The van der Waals surface area contributed by atoms with E-state index >= 15 is 0 Å². The van der Waals surface area contributed by atoms with Gasteiger partial charge in [-0.1, -0.05) is 31.0 Å². The van der Waals surface area contributed by atoms with Gasteiger partial charge >= 0.3 is 5.69 Å². The molecule has 0 fully saturated rings. The molecule has 2 aromatic heterocycles. The Morgan fingerprint density at radius 2 is 2.00 bits per heavy atom. The monoisotopic (exact) mass is 277 g/mol. The van der Waals surface area contributed by atoms with E-state index in [1.807, 2.05) is 43.3 Å². The van der Waals surface area contributed by atoms with Crippen LogP contribution in [0.25, 0.3) is 11.3 Å². The van der Waals surface area contributed by atoms with Gasteiger partial charge in [0.1, 0.15) is 11.3 Å². The van der Waals surface area contributed by atoms with Gasteiger partial charge in [0.2, 0.25) is 0 Å². The molecule has 2 heterocycles. The number of aromatic nitrogens is 3. The Morgan fingerprint density at radius 3 is 2.67 bits per heavy atom. The molecule has 3 rings (SSSR count). The molecule has 0 atom stereocenters. The SMILES string of the molecule is CC#Cc1cnc2cc(CC)n(-c3ccccc3)c(=O)n12. The molecule has 4 nitrogen and oxygen atoms in total. The minimum Gasteiger partial charge on any atom is -0.266 e. The summed E-state index contributed by atoms with van der Waals surface area (Å²) < 4.78 is 3.28. The number of hydrogen-bond acceptors (Lipinski definition) is 2. The molecule has 1 aromatic carbocycles. The average molecular weight is 277 g/mol. The number of rotatable bonds is 2. The van der Waals surface area contributed by atoms with Crippen LogP contribution in [0.3, 0.4) is 0 Å². The number of hydrogen-bond donors (Lipinski definition) is 0. The van der Waals surface area contributed by atoms with E-state index in [1.165, 1.54) is 0 Å². The second kappa shape index (κ2) is 5.29. The molecule has 21 heavy (non-hydrogen) atoms. The van der Waals surface area contributed by atoms with Crippen LogP contribution in [0.15, 0.2) is 47.4 Å². The molecule has 0 radical (unpaired) electrons. The van der Waals surface area contributed by atoms with Crippen LogP contribution in [-0.4, -0.2) is 14.0 Å². The first-order valence-corrected chi connectivity index (χ1v) is 6.86. The fourth-order valence-electron chi connectivity index (χ4n) is 2.44. The molecule has 104 valence electrons. The van der Waals surface area contributed by atoms with Crippen molar-refractivity contribution in [2.75, 3.05) is 0 Å². The van der Waals surface area contributed by atoms with E-state index in [2.05, 4.69) is 16.8 Å². The van der Waals surface area contributed by atoms with Gasteiger partial charge in [-0.15, -0.1) is 0 Å². The molecule has 4 heteroatoms. The lowest BCUT2D eigenvalue weighted by Gasteiger charge is -2.12. The molecule has 0 amide bonds. The van der Waals surface area contributed by atoms with Crippen molar-refractivity contribution in [1.29, 1.82) is 0 Å². The maximum absolute atomic E-state index is 12.9. The summed E-state index contributed by atoms with van der Waals surface area (Å²) in [6.07, 6.45) is 2.39. The second-order valence-electron chi connectivity index (χ2n) is 4.65. The van der Waals surface area contributed by atoms with Crippen molar-refractivity contribution >= 4 is 5.65 Å². The lowest BCUT2D eigenvalue weighted by atomic mass is 10.2. The van der Waals surface area contributed by atoms with Crippen LogP contribution < -0.4 is 5.69 Å². The summed E-state index contributed by atoms with van der Waals surface area (Å²) in [5.74, 6) is 5.74. The number of nitrogens with zero attached hydrogens (tertiary/aromatic N) is 3. The van der Waals surface area contributed by atoms with Crippen molar-refractivity contribution in [2.45, 2.75) is 20.3 Å². The average Bonchev–Trinajstić information content (AvgIpc) is 2.91. The van der Waals surface area contributed by atoms with Gasteiger partial charge in [0.15, 0.2) is 0 Å². The van der Waals surface area contributed by atoms with Gasteiger partial charge in [0.25, 0.3) is 0 Å². The highest BCUT2D eigenvalue weighted by Gasteiger charge is 2.12. The van der Waals surface area contributed by atoms with Crippen LogP contribution in [0.5, 0.6) is 0 Å². The topological polar surface area (TPSA) is 39.3 Å². The van der Waals surface area contributed by atoms with Gasteiger partial charge in [0.05, 0.1) is 11.9 Å². The van der Waals surface area contributed by atoms with Gasteiger partial charge in [-0.05, 0) is 31.4 Å². The lowest BCUT2D eigenvalue weighted by Crippen LogP contribution is -2.28. The summed E-state index contributed by atoms with van der Waals surface area (Å²) in [6.45, 7) is 3.77. The van der Waals surface area contributed by atoms with E-state index in [1.54, 1.807) is 22.1 Å². The Bertz CT molecular complexity index is 908. The van der Waals surface area contributed by atoms with Gasteiger partial charge in [0, 0.05) is 11.8 Å². The largest absolute Gasteiger partial charge is 0.339 e. The summed E-state index contributed by atoms with van der Waals surface area (Å²) in [5.41, 5.74) is 2.91. The predicted molar refractivity (Wildman–Crippen MR) is 82.7 cm³/mol. The third kappa shape index (κ3) is 2.13. The Kier molecular flexibility index (Phi) is 3.33. The van der Waals surface area contributed by atoms with Crippen molar-refractivity contribution < 1.29 is 0 Å². The molecule has 0 aliphatic heterocycles. The molecule has 0 N–H and O–H groups in total. The molecule has 0 saturated carbocycles. The third-order valence-corrected chi connectivity index (χ3v) is 3.38.